The SMILES string of the molecule is CCOS(=O)COS(=O)(=O)CCCCS(=O)(=O)OCS(=O)OCC. The molecule has 0 aromatic heterocycles. The maximum Gasteiger partial charge on any atom is 0.268 e. The van der Waals surface area contributed by atoms with E-state index in [9.17, 15) is 25.3 Å². The van der Waals surface area contributed by atoms with Crippen LogP contribution in [0.3, 0.4) is 0 Å². The molecular formula is C10H22O10S4. The molecule has 10 nitrogen and oxygen atoms in total. The van der Waals surface area contributed by atoms with Crippen molar-refractivity contribution in [1.29, 1.82) is 0 Å². The number of rotatable bonds is 15. The standard InChI is InChI=1S/C10H22O10S4/c1-3-17-21(11)9-19-23(13,14)7-5-6-8-24(15,16)20-10-22(12)18-4-2/h3-10H2,1-2H3. The summed E-state index contributed by atoms with van der Waals surface area (Å²) in [5.74, 6) is -2.09. The molecule has 0 aliphatic heterocycles. The minimum absolute atomic E-state index is 0.000737. The summed E-state index contributed by atoms with van der Waals surface area (Å²) in [5.41, 5.74) is 0. The predicted molar refractivity (Wildman–Crippen MR) is 88.2 cm³/mol. The summed E-state index contributed by atoms with van der Waals surface area (Å²) in [4.78, 5) is 0. The van der Waals surface area contributed by atoms with Crippen LogP contribution in [0.1, 0.15) is 26.7 Å². The van der Waals surface area contributed by atoms with E-state index in [4.69, 9.17) is 0 Å². The van der Waals surface area contributed by atoms with E-state index >= 15 is 0 Å². The van der Waals surface area contributed by atoms with Crippen molar-refractivity contribution in [3.63, 3.8) is 0 Å². The zero-order chi connectivity index (χ0) is 18.6. The van der Waals surface area contributed by atoms with Crippen molar-refractivity contribution in [2.24, 2.45) is 0 Å². The van der Waals surface area contributed by atoms with Gasteiger partial charge in [0.05, 0.1) is 24.7 Å². The van der Waals surface area contributed by atoms with E-state index < -0.39 is 65.8 Å². The molecule has 14 heteroatoms. The summed E-state index contributed by atoms with van der Waals surface area (Å²) in [7, 11) is -7.85. The fraction of sp³-hybridized carbons (Fsp3) is 1.00. The third-order valence-electron chi connectivity index (χ3n) is 2.19. The molecule has 0 radical (unpaired) electrons. The molecule has 0 amide bonds. The summed E-state index contributed by atoms with van der Waals surface area (Å²) >= 11 is -3.71. The molecule has 0 fully saturated rings. The second kappa shape index (κ2) is 12.4. The lowest BCUT2D eigenvalue weighted by atomic mass is 10.4. The molecule has 0 bridgehead atoms. The van der Waals surface area contributed by atoms with Crippen LogP contribution in [0.4, 0.5) is 0 Å². The topological polar surface area (TPSA) is 139 Å². The first-order valence-electron chi connectivity index (χ1n) is 6.89. The highest BCUT2D eigenvalue weighted by Crippen LogP contribution is 2.05. The predicted octanol–water partition coefficient (Wildman–Crippen LogP) is -0.225. The average Bonchev–Trinajstić information content (AvgIpc) is 2.49. The molecule has 0 aliphatic carbocycles. The van der Waals surface area contributed by atoms with Crippen molar-refractivity contribution in [3.8, 4) is 0 Å². The van der Waals surface area contributed by atoms with Crippen LogP contribution >= 0.6 is 0 Å². The average molecular weight is 431 g/mol. The highest BCUT2D eigenvalue weighted by molar-refractivity contribution is 7.88. The summed E-state index contributed by atoms with van der Waals surface area (Å²) in [6.07, 6.45) is 0.00147. The molecule has 0 saturated heterocycles. The van der Waals surface area contributed by atoms with E-state index in [0.29, 0.717) is 0 Å². The molecule has 0 aliphatic rings. The molecule has 2 atom stereocenters. The highest BCUT2D eigenvalue weighted by Gasteiger charge is 2.17. The number of hydrogen-bond donors (Lipinski definition) is 0. The van der Waals surface area contributed by atoms with Crippen LogP contribution < -0.4 is 0 Å². The smallest absolute Gasteiger partial charge is 0.268 e. The van der Waals surface area contributed by atoms with Crippen molar-refractivity contribution in [1.82, 2.24) is 0 Å². The van der Waals surface area contributed by atoms with Gasteiger partial charge in [0, 0.05) is 0 Å². The first-order valence-corrected chi connectivity index (χ1v) is 12.5. The molecule has 0 heterocycles. The third kappa shape index (κ3) is 13.3. The van der Waals surface area contributed by atoms with Crippen LogP contribution in [-0.4, -0.2) is 61.9 Å². The summed E-state index contributed by atoms with van der Waals surface area (Å²) < 4.78 is 86.4. The molecule has 0 spiro atoms. The van der Waals surface area contributed by atoms with Gasteiger partial charge in [-0.1, -0.05) is 0 Å². The first kappa shape index (κ1) is 24.0. The molecule has 0 N–H and O–H groups in total. The van der Waals surface area contributed by atoms with E-state index in [2.05, 4.69) is 16.7 Å². The number of unbranched alkanes of at least 4 members (excludes halogenated alkanes) is 1. The third-order valence-corrected chi connectivity index (χ3v) is 6.63. The van der Waals surface area contributed by atoms with Crippen LogP contribution in [0.15, 0.2) is 0 Å². The van der Waals surface area contributed by atoms with E-state index in [0.717, 1.165) is 0 Å². The van der Waals surface area contributed by atoms with Crippen LogP contribution in [0.2, 0.25) is 0 Å². The van der Waals surface area contributed by atoms with Gasteiger partial charge < -0.3 is 0 Å². The Morgan fingerprint density at radius 1 is 0.708 bits per heavy atom. The molecule has 2 unspecified atom stereocenters. The molecule has 0 saturated carbocycles. The maximum absolute atomic E-state index is 11.5. The van der Waals surface area contributed by atoms with Crippen LogP contribution in [0.5, 0.6) is 0 Å². The Balaban J connectivity index is 4.05. The monoisotopic (exact) mass is 430 g/mol. The molecule has 146 valence electrons. The summed E-state index contributed by atoms with van der Waals surface area (Å²) in [6, 6.07) is 0. The van der Waals surface area contributed by atoms with Gasteiger partial charge in [0.2, 0.25) is 0 Å². The number of hydrogen-bond acceptors (Lipinski definition) is 10. The fourth-order valence-corrected chi connectivity index (χ4v) is 5.05. The Labute approximate surface area is 147 Å². The summed E-state index contributed by atoms with van der Waals surface area (Å²) in [5, 5.41) is 0. The maximum atomic E-state index is 11.5. The van der Waals surface area contributed by atoms with Gasteiger partial charge in [0.15, 0.2) is 34.0 Å². The molecule has 0 aromatic rings. The van der Waals surface area contributed by atoms with Crippen molar-refractivity contribution >= 4 is 42.4 Å². The normalized spacial score (nSPS) is 15.2. The second-order valence-corrected chi connectivity index (χ2v) is 9.80. The molecule has 0 rings (SSSR count). The Hall–Kier alpha value is 0.0400. The van der Waals surface area contributed by atoms with Gasteiger partial charge in [0.1, 0.15) is 0 Å². The van der Waals surface area contributed by atoms with Gasteiger partial charge in [0.25, 0.3) is 20.2 Å². The lowest BCUT2D eigenvalue weighted by Crippen LogP contribution is -2.17. The zero-order valence-corrected chi connectivity index (χ0v) is 16.6. The molecule has 0 aromatic carbocycles. The van der Waals surface area contributed by atoms with Gasteiger partial charge in [-0.15, -0.1) is 0 Å². The highest BCUT2D eigenvalue weighted by atomic mass is 32.2. The van der Waals surface area contributed by atoms with Crippen molar-refractivity contribution in [3.05, 3.63) is 0 Å². The minimum Gasteiger partial charge on any atom is -0.289 e. The van der Waals surface area contributed by atoms with Crippen LogP contribution in [0.25, 0.3) is 0 Å². The van der Waals surface area contributed by atoms with Crippen molar-refractivity contribution in [2.75, 3.05) is 36.6 Å². The van der Waals surface area contributed by atoms with Gasteiger partial charge in [-0.25, -0.2) is 8.42 Å². The minimum atomic E-state index is -3.92. The van der Waals surface area contributed by atoms with Crippen molar-refractivity contribution < 1.29 is 42.0 Å². The Morgan fingerprint density at radius 3 is 1.33 bits per heavy atom. The Morgan fingerprint density at radius 2 is 1.04 bits per heavy atom. The van der Waals surface area contributed by atoms with E-state index in [1.807, 2.05) is 0 Å². The largest absolute Gasteiger partial charge is 0.289 e. The van der Waals surface area contributed by atoms with Gasteiger partial charge in [-0.2, -0.15) is 16.8 Å². The van der Waals surface area contributed by atoms with Crippen molar-refractivity contribution in [2.45, 2.75) is 26.7 Å². The Bertz CT molecular complexity index is 543. The van der Waals surface area contributed by atoms with E-state index in [1.54, 1.807) is 13.8 Å². The van der Waals surface area contributed by atoms with Crippen LogP contribution in [0, 0.1) is 0 Å². The van der Waals surface area contributed by atoms with Gasteiger partial charge in [-0.05, 0) is 26.7 Å². The zero-order valence-electron chi connectivity index (χ0n) is 13.4. The fourth-order valence-electron chi connectivity index (χ4n) is 1.23. The van der Waals surface area contributed by atoms with E-state index in [-0.39, 0.29) is 26.1 Å². The van der Waals surface area contributed by atoms with E-state index in [1.165, 1.54) is 0 Å². The Kier molecular flexibility index (Phi) is 12.4. The second-order valence-electron chi connectivity index (χ2n) is 4.12. The van der Waals surface area contributed by atoms with Crippen LogP contribution in [-0.2, 0) is 59.1 Å². The molecule has 24 heavy (non-hydrogen) atoms. The lowest BCUT2D eigenvalue weighted by Gasteiger charge is -2.06. The van der Waals surface area contributed by atoms with Gasteiger partial charge >= 0.3 is 0 Å². The van der Waals surface area contributed by atoms with Gasteiger partial charge in [-0.3, -0.25) is 16.7 Å². The molecular weight excluding hydrogens is 408 g/mol. The summed E-state index contributed by atoms with van der Waals surface area (Å²) in [6.45, 7) is 3.50. The quantitative estimate of drug-likeness (QED) is 0.253. The first-order chi connectivity index (χ1) is 11.1. The lowest BCUT2D eigenvalue weighted by molar-refractivity contribution is 0.326.